The SMILES string of the molecule is CCCCC(CC)CNC(=O)c1cc(N)ncc1Cl. The molecule has 0 saturated heterocycles. The number of nitrogens with one attached hydrogen (secondary N) is 1. The lowest BCUT2D eigenvalue weighted by molar-refractivity contribution is 0.0946. The highest BCUT2D eigenvalue weighted by Gasteiger charge is 2.13. The molecule has 0 fully saturated rings. The van der Waals surface area contributed by atoms with Crippen LogP contribution in [0.25, 0.3) is 0 Å². The molecule has 1 amide bonds. The van der Waals surface area contributed by atoms with E-state index in [4.69, 9.17) is 17.3 Å². The third kappa shape index (κ3) is 5.07. The third-order valence-corrected chi connectivity index (χ3v) is 3.52. The number of hydrogen-bond acceptors (Lipinski definition) is 3. The normalized spacial score (nSPS) is 12.2. The van der Waals surface area contributed by atoms with E-state index in [0.717, 1.165) is 12.8 Å². The molecule has 0 spiro atoms. The highest BCUT2D eigenvalue weighted by Crippen LogP contribution is 2.17. The number of rotatable bonds is 7. The van der Waals surface area contributed by atoms with E-state index in [1.54, 1.807) is 0 Å². The molecule has 1 heterocycles. The highest BCUT2D eigenvalue weighted by atomic mass is 35.5. The van der Waals surface area contributed by atoms with Crippen LogP contribution in [0.1, 0.15) is 49.9 Å². The van der Waals surface area contributed by atoms with Gasteiger partial charge in [-0.3, -0.25) is 4.79 Å². The number of nitrogens with zero attached hydrogens (tertiary/aromatic N) is 1. The molecule has 0 aromatic carbocycles. The van der Waals surface area contributed by atoms with Crippen molar-refractivity contribution in [1.82, 2.24) is 10.3 Å². The molecule has 0 radical (unpaired) electrons. The van der Waals surface area contributed by atoms with Gasteiger partial charge in [-0.25, -0.2) is 4.98 Å². The van der Waals surface area contributed by atoms with E-state index in [9.17, 15) is 4.79 Å². The Balaban J connectivity index is 2.56. The Kier molecular flexibility index (Phi) is 6.64. The molecule has 0 saturated carbocycles. The fraction of sp³-hybridized carbons (Fsp3) is 0.571. The van der Waals surface area contributed by atoms with Gasteiger partial charge >= 0.3 is 0 Å². The van der Waals surface area contributed by atoms with Crippen molar-refractivity contribution in [3.63, 3.8) is 0 Å². The number of hydrogen-bond donors (Lipinski definition) is 2. The summed E-state index contributed by atoms with van der Waals surface area (Å²) in [7, 11) is 0. The smallest absolute Gasteiger partial charge is 0.252 e. The van der Waals surface area contributed by atoms with Crippen LogP contribution >= 0.6 is 11.6 Å². The second kappa shape index (κ2) is 8.00. The molecule has 3 N–H and O–H groups in total. The Morgan fingerprint density at radius 2 is 2.26 bits per heavy atom. The lowest BCUT2D eigenvalue weighted by atomic mass is 9.99. The maximum atomic E-state index is 12.0. The standard InChI is InChI=1S/C14H22ClN3O/c1-3-5-6-10(4-2)8-18-14(19)11-7-13(16)17-9-12(11)15/h7,9-10H,3-6,8H2,1-2H3,(H2,16,17)(H,18,19). The van der Waals surface area contributed by atoms with Crippen molar-refractivity contribution in [2.45, 2.75) is 39.5 Å². The zero-order chi connectivity index (χ0) is 14.3. The molecule has 1 rings (SSSR count). The van der Waals surface area contributed by atoms with Crippen LogP contribution in [-0.2, 0) is 0 Å². The van der Waals surface area contributed by atoms with Crippen LogP contribution in [0.4, 0.5) is 5.82 Å². The average Bonchev–Trinajstić information content (AvgIpc) is 2.41. The van der Waals surface area contributed by atoms with Gasteiger partial charge in [0, 0.05) is 12.7 Å². The number of anilines is 1. The monoisotopic (exact) mass is 283 g/mol. The topological polar surface area (TPSA) is 68.0 Å². The second-order valence-corrected chi connectivity index (χ2v) is 5.12. The van der Waals surface area contributed by atoms with E-state index >= 15 is 0 Å². The maximum absolute atomic E-state index is 12.0. The summed E-state index contributed by atoms with van der Waals surface area (Å²) in [5.41, 5.74) is 5.95. The Morgan fingerprint density at radius 3 is 2.89 bits per heavy atom. The minimum Gasteiger partial charge on any atom is -0.384 e. The van der Waals surface area contributed by atoms with Gasteiger partial charge in [0.05, 0.1) is 10.6 Å². The van der Waals surface area contributed by atoms with Gasteiger partial charge in [-0.2, -0.15) is 0 Å². The van der Waals surface area contributed by atoms with Crippen molar-refractivity contribution in [2.75, 3.05) is 12.3 Å². The number of nitrogens with two attached hydrogens (primary N) is 1. The number of carbonyl (C=O) groups excluding carboxylic acids is 1. The van der Waals surface area contributed by atoms with Gasteiger partial charge in [-0.1, -0.05) is 44.7 Å². The molecular weight excluding hydrogens is 262 g/mol. The molecule has 1 aromatic rings. The van der Waals surface area contributed by atoms with Gasteiger partial charge in [0.2, 0.25) is 0 Å². The van der Waals surface area contributed by atoms with Crippen LogP contribution in [0.3, 0.4) is 0 Å². The first-order chi connectivity index (χ1) is 9.08. The van der Waals surface area contributed by atoms with Crippen molar-refractivity contribution in [3.05, 3.63) is 22.8 Å². The summed E-state index contributed by atoms with van der Waals surface area (Å²) in [4.78, 5) is 15.9. The molecule has 0 bridgehead atoms. The molecule has 0 aliphatic carbocycles. The fourth-order valence-corrected chi connectivity index (χ4v) is 2.09. The largest absolute Gasteiger partial charge is 0.384 e. The zero-order valence-electron chi connectivity index (χ0n) is 11.6. The number of unbranched alkanes of at least 4 members (excludes halogenated alkanes) is 1. The van der Waals surface area contributed by atoms with Crippen LogP contribution in [0.5, 0.6) is 0 Å². The van der Waals surface area contributed by atoms with E-state index in [-0.39, 0.29) is 5.91 Å². The van der Waals surface area contributed by atoms with Crippen molar-refractivity contribution < 1.29 is 4.79 Å². The van der Waals surface area contributed by atoms with Crippen molar-refractivity contribution in [3.8, 4) is 0 Å². The first-order valence-corrected chi connectivity index (χ1v) is 7.15. The minimum absolute atomic E-state index is 0.186. The van der Waals surface area contributed by atoms with Gasteiger partial charge in [0.25, 0.3) is 5.91 Å². The van der Waals surface area contributed by atoms with Gasteiger partial charge in [-0.05, 0) is 18.4 Å². The fourth-order valence-electron chi connectivity index (χ4n) is 1.90. The van der Waals surface area contributed by atoms with Crippen molar-refractivity contribution >= 4 is 23.3 Å². The predicted molar refractivity (Wildman–Crippen MR) is 79.3 cm³/mol. The first kappa shape index (κ1) is 15.8. The molecular formula is C14H22ClN3O. The average molecular weight is 284 g/mol. The van der Waals surface area contributed by atoms with E-state index in [0.29, 0.717) is 28.9 Å². The number of pyridine rings is 1. The molecule has 1 aromatic heterocycles. The van der Waals surface area contributed by atoms with Gasteiger partial charge in [0.1, 0.15) is 5.82 Å². The quantitative estimate of drug-likeness (QED) is 0.807. The summed E-state index contributed by atoms with van der Waals surface area (Å²) in [6.45, 7) is 4.99. The maximum Gasteiger partial charge on any atom is 0.252 e. The number of nitrogen functional groups attached to an aromatic ring is 1. The van der Waals surface area contributed by atoms with E-state index in [1.807, 2.05) is 0 Å². The zero-order valence-corrected chi connectivity index (χ0v) is 12.3. The van der Waals surface area contributed by atoms with Crippen LogP contribution in [-0.4, -0.2) is 17.4 Å². The number of halogens is 1. The van der Waals surface area contributed by atoms with Crippen LogP contribution in [0.2, 0.25) is 5.02 Å². The number of aromatic nitrogens is 1. The second-order valence-electron chi connectivity index (χ2n) is 4.72. The van der Waals surface area contributed by atoms with Gasteiger partial charge in [-0.15, -0.1) is 0 Å². The summed E-state index contributed by atoms with van der Waals surface area (Å²) in [5, 5.41) is 3.25. The summed E-state index contributed by atoms with van der Waals surface area (Å²) in [5.74, 6) is 0.628. The Bertz CT molecular complexity index is 423. The number of carbonyl (C=O) groups is 1. The predicted octanol–water partition coefficient (Wildman–Crippen LogP) is 3.26. The first-order valence-electron chi connectivity index (χ1n) is 6.77. The molecule has 5 heteroatoms. The minimum atomic E-state index is -0.186. The lowest BCUT2D eigenvalue weighted by Gasteiger charge is -2.15. The van der Waals surface area contributed by atoms with E-state index in [2.05, 4.69) is 24.1 Å². The van der Waals surface area contributed by atoms with Gasteiger partial charge < -0.3 is 11.1 Å². The van der Waals surface area contributed by atoms with Crippen LogP contribution in [0.15, 0.2) is 12.3 Å². The van der Waals surface area contributed by atoms with E-state index in [1.165, 1.54) is 25.1 Å². The molecule has 0 aliphatic rings. The Hall–Kier alpha value is -1.29. The lowest BCUT2D eigenvalue weighted by Crippen LogP contribution is -2.29. The molecule has 106 valence electrons. The molecule has 4 nitrogen and oxygen atoms in total. The highest BCUT2D eigenvalue weighted by molar-refractivity contribution is 6.33. The molecule has 1 atom stereocenters. The van der Waals surface area contributed by atoms with Gasteiger partial charge in [0.15, 0.2) is 0 Å². The summed E-state index contributed by atoms with van der Waals surface area (Å²) in [6, 6.07) is 1.50. The molecule has 0 aliphatic heterocycles. The Morgan fingerprint density at radius 1 is 1.53 bits per heavy atom. The summed E-state index contributed by atoms with van der Waals surface area (Å²) >= 11 is 5.94. The molecule has 19 heavy (non-hydrogen) atoms. The molecule has 1 unspecified atom stereocenters. The summed E-state index contributed by atoms with van der Waals surface area (Å²) in [6.07, 6.45) is 5.97. The number of amides is 1. The van der Waals surface area contributed by atoms with E-state index < -0.39 is 0 Å². The van der Waals surface area contributed by atoms with Crippen LogP contribution in [0, 0.1) is 5.92 Å². The third-order valence-electron chi connectivity index (χ3n) is 3.22. The van der Waals surface area contributed by atoms with Crippen LogP contribution < -0.4 is 11.1 Å². The summed E-state index contributed by atoms with van der Waals surface area (Å²) < 4.78 is 0. The Labute approximate surface area is 119 Å². The van der Waals surface area contributed by atoms with Crippen molar-refractivity contribution in [2.24, 2.45) is 5.92 Å². The van der Waals surface area contributed by atoms with Crippen molar-refractivity contribution in [1.29, 1.82) is 0 Å².